The molecular weight excluding hydrogens is 301 g/mol. The lowest BCUT2D eigenvalue weighted by molar-refractivity contribution is 0.573. The summed E-state index contributed by atoms with van der Waals surface area (Å²) in [5.74, 6) is 0.255. The van der Waals surface area contributed by atoms with E-state index in [0.29, 0.717) is 12.5 Å². The molecule has 1 saturated carbocycles. The van der Waals surface area contributed by atoms with Crippen molar-refractivity contribution in [3.8, 4) is 0 Å². The van der Waals surface area contributed by atoms with Gasteiger partial charge in [-0.3, -0.25) is 4.99 Å². The smallest absolute Gasteiger partial charge is 0.193 e. The molecule has 4 rings (SSSR count). The highest BCUT2D eigenvalue weighted by Gasteiger charge is 2.45. The Balaban J connectivity index is 1.45. The zero-order chi connectivity index (χ0) is 16.6. The molecule has 0 unspecified atom stereocenters. The standard InChI is InChI=1S/C20H22FN3/c21-18-7-2-1-6-17(18)20(10-11-20)13-23-19(22)24-16-9-8-14-4-3-5-15(14)12-16/h1-2,6-9,12H,3-5,10-11,13H2,(H3,22,23,24). The molecule has 124 valence electrons. The number of aliphatic imine (C=N–C) groups is 1. The number of hydrogen-bond acceptors (Lipinski definition) is 1. The Morgan fingerprint density at radius 2 is 1.92 bits per heavy atom. The van der Waals surface area contributed by atoms with Gasteiger partial charge >= 0.3 is 0 Å². The second kappa shape index (κ2) is 5.93. The predicted molar refractivity (Wildman–Crippen MR) is 95.9 cm³/mol. The van der Waals surface area contributed by atoms with Crippen molar-refractivity contribution < 1.29 is 4.39 Å². The number of rotatable bonds is 4. The van der Waals surface area contributed by atoms with Crippen LogP contribution in [0, 0.1) is 5.82 Å². The number of hydrogen-bond donors (Lipinski definition) is 2. The highest BCUT2D eigenvalue weighted by molar-refractivity contribution is 5.92. The van der Waals surface area contributed by atoms with Crippen LogP contribution in [-0.4, -0.2) is 12.5 Å². The SMILES string of the molecule is NC(=NCC1(c2ccccc2F)CC1)Nc1ccc2c(c1)CCC2. The van der Waals surface area contributed by atoms with E-state index in [1.807, 2.05) is 12.1 Å². The Labute approximate surface area is 141 Å². The normalized spacial score (nSPS) is 18.3. The number of nitrogens with one attached hydrogen (secondary N) is 1. The van der Waals surface area contributed by atoms with Crippen LogP contribution in [0.2, 0.25) is 0 Å². The first-order chi connectivity index (χ1) is 11.7. The van der Waals surface area contributed by atoms with Crippen LogP contribution in [0.3, 0.4) is 0 Å². The first kappa shape index (κ1) is 15.2. The highest BCUT2D eigenvalue weighted by atomic mass is 19.1. The Morgan fingerprint density at radius 3 is 2.71 bits per heavy atom. The number of nitrogens with two attached hydrogens (primary N) is 1. The zero-order valence-electron chi connectivity index (χ0n) is 13.7. The van der Waals surface area contributed by atoms with Gasteiger partial charge in [0.1, 0.15) is 5.82 Å². The number of halogens is 1. The molecule has 4 heteroatoms. The van der Waals surface area contributed by atoms with E-state index in [4.69, 9.17) is 5.73 Å². The molecule has 0 bridgehead atoms. The number of aryl methyl sites for hydroxylation is 2. The average Bonchev–Trinajstić information content (AvgIpc) is 3.22. The topological polar surface area (TPSA) is 50.4 Å². The van der Waals surface area contributed by atoms with Gasteiger partial charge in [-0.25, -0.2) is 4.39 Å². The largest absolute Gasteiger partial charge is 0.370 e. The van der Waals surface area contributed by atoms with Crippen LogP contribution in [-0.2, 0) is 18.3 Å². The van der Waals surface area contributed by atoms with Crippen molar-refractivity contribution in [1.29, 1.82) is 0 Å². The number of nitrogens with zero attached hydrogens (tertiary/aromatic N) is 1. The van der Waals surface area contributed by atoms with E-state index in [2.05, 4.69) is 28.5 Å². The van der Waals surface area contributed by atoms with Gasteiger partial charge in [-0.05, 0) is 67.0 Å². The molecule has 0 aliphatic heterocycles. The first-order valence-electron chi connectivity index (χ1n) is 8.60. The fraction of sp³-hybridized carbons (Fsp3) is 0.350. The predicted octanol–water partition coefficient (Wildman–Crippen LogP) is 3.77. The minimum atomic E-state index is -0.171. The molecule has 0 radical (unpaired) electrons. The van der Waals surface area contributed by atoms with Gasteiger partial charge in [-0.2, -0.15) is 0 Å². The van der Waals surface area contributed by atoms with E-state index in [0.717, 1.165) is 30.5 Å². The lowest BCUT2D eigenvalue weighted by atomic mass is 9.95. The third-order valence-corrected chi connectivity index (χ3v) is 5.22. The second-order valence-corrected chi connectivity index (χ2v) is 6.92. The van der Waals surface area contributed by atoms with Gasteiger partial charge in [-0.1, -0.05) is 24.3 Å². The summed E-state index contributed by atoms with van der Waals surface area (Å²) in [5.41, 5.74) is 10.5. The van der Waals surface area contributed by atoms with Gasteiger partial charge in [0.2, 0.25) is 0 Å². The minimum Gasteiger partial charge on any atom is -0.370 e. The number of benzene rings is 2. The molecule has 0 amide bonds. The van der Waals surface area contributed by atoms with Crippen molar-refractivity contribution in [3.63, 3.8) is 0 Å². The van der Waals surface area contributed by atoms with Crippen molar-refractivity contribution in [1.82, 2.24) is 0 Å². The van der Waals surface area contributed by atoms with Gasteiger partial charge < -0.3 is 11.1 Å². The molecule has 3 nitrogen and oxygen atoms in total. The molecule has 2 aromatic rings. The molecular formula is C20H22FN3. The lowest BCUT2D eigenvalue weighted by Crippen LogP contribution is -2.25. The van der Waals surface area contributed by atoms with E-state index in [1.165, 1.54) is 30.0 Å². The summed E-state index contributed by atoms with van der Waals surface area (Å²) in [6.45, 7) is 0.526. The molecule has 2 aliphatic rings. The Hall–Kier alpha value is -2.36. The van der Waals surface area contributed by atoms with Gasteiger partial charge in [0.25, 0.3) is 0 Å². The molecule has 1 fully saturated rings. The van der Waals surface area contributed by atoms with E-state index in [1.54, 1.807) is 6.07 Å². The third-order valence-electron chi connectivity index (χ3n) is 5.22. The van der Waals surface area contributed by atoms with Crippen LogP contribution in [0.1, 0.15) is 36.0 Å². The lowest BCUT2D eigenvalue weighted by Gasteiger charge is -2.15. The summed E-state index contributed by atoms with van der Waals surface area (Å²) >= 11 is 0. The van der Waals surface area contributed by atoms with Crippen molar-refractivity contribution in [2.75, 3.05) is 11.9 Å². The van der Waals surface area contributed by atoms with Crippen LogP contribution < -0.4 is 11.1 Å². The summed E-state index contributed by atoms with van der Waals surface area (Å²) in [5, 5.41) is 3.17. The number of guanidine groups is 1. The van der Waals surface area contributed by atoms with Gasteiger partial charge in [0.05, 0.1) is 6.54 Å². The number of fused-ring (bicyclic) bond motifs is 1. The van der Waals surface area contributed by atoms with E-state index < -0.39 is 0 Å². The van der Waals surface area contributed by atoms with Crippen molar-refractivity contribution in [2.45, 2.75) is 37.5 Å². The maximum Gasteiger partial charge on any atom is 0.193 e. The van der Waals surface area contributed by atoms with Gasteiger partial charge in [-0.15, -0.1) is 0 Å². The zero-order valence-corrected chi connectivity index (χ0v) is 13.7. The molecule has 0 heterocycles. The van der Waals surface area contributed by atoms with Crippen LogP contribution in [0.5, 0.6) is 0 Å². The molecule has 0 spiro atoms. The molecule has 24 heavy (non-hydrogen) atoms. The van der Waals surface area contributed by atoms with Crippen LogP contribution in [0.25, 0.3) is 0 Å². The van der Waals surface area contributed by atoms with Crippen molar-refractivity contribution in [3.05, 3.63) is 65.0 Å². The number of anilines is 1. The van der Waals surface area contributed by atoms with Crippen LogP contribution >= 0.6 is 0 Å². The van der Waals surface area contributed by atoms with Crippen molar-refractivity contribution >= 4 is 11.6 Å². The average molecular weight is 323 g/mol. The molecule has 2 aliphatic carbocycles. The minimum absolute atomic E-state index is 0.143. The molecule has 0 saturated heterocycles. The van der Waals surface area contributed by atoms with Gasteiger partial charge in [0.15, 0.2) is 5.96 Å². The third kappa shape index (κ3) is 2.88. The Bertz CT molecular complexity index is 793. The Kier molecular flexibility index (Phi) is 3.75. The summed E-state index contributed by atoms with van der Waals surface area (Å²) in [7, 11) is 0. The summed E-state index contributed by atoms with van der Waals surface area (Å²) in [6.07, 6.45) is 5.46. The fourth-order valence-corrected chi connectivity index (χ4v) is 3.63. The maximum atomic E-state index is 14.0. The Morgan fingerprint density at radius 1 is 1.12 bits per heavy atom. The summed E-state index contributed by atoms with van der Waals surface area (Å²) in [4.78, 5) is 4.48. The second-order valence-electron chi connectivity index (χ2n) is 6.92. The maximum absolute atomic E-state index is 14.0. The fourth-order valence-electron chi connectivity index (χ4n) is 3.63. The monoisotopic (exact) mass is 323 g/mol. The quantitative estimate of drug-likeness (QED) is 0.665. The molecule has 2 aromatic carbocycles. The summed E-state index contributed by atoms with van der Waals surface area (Å²) < 4.78 is 14.0. The van der Waals surface area contributed by atoms with E-state index in [-0.39, 0.29) is 11.2 Å². The molecule has 0 atom stereocenters. The first-order valence-corrected chi connectivity index (χ1v) is 8.60. The van der Waals surface area contributed by atoms with Crippen molar-refractivity contribution in [2.24, 2.45) is 10.7 Å². The molecule has 0 aromatic heterocycles. The van der Waals surface area contributed by atoms with E-state index >= 15 is 0 Å². The summed E-state index contributed by atoms with van der Waals surface area (Å²) in [6, 6.07) is 13.4. The van der Waals surface area contributed by atoms with Crippen LogP contribution in [0.15, 0.2) is 47.5 Å². The van der Waals surface area contributed by atoms with Gasteiger partial charge in [0, 0.05) is 11.1 Å². The van der Waals surface area contributed by atoms with Crippen LogP contribution in [0.4, 0.5) is 10.1 Å². The highest BCUT2D eigenvalue weighted by Crippen LogP contribution is 2.49. The van der Waals surface area contributed by atoms with E-state index in [9.17, 15) is 4.39 Å². The molecule has 3 N–H and O–H groups in total.